The van der Waals surface area contributed by atoms with E-state index in [1.165, 1.54) is 33.6 Å². The highest BCUT2D eigenvalue weighted by atomic mass is 32.1. The predicted octanol–water partition coefficient (Wildman–Crippen LogP) is 7.55. The molecule has 1 aliphatic rings. The number of nitrogens with one attached hydrogen (secondary N) is 2. The number of amides is 2. The normalized spacial score (nSPS) is 15.0. The molecule has 1 fully saturated rings. The van der Waals surface area contributed by atoms with Gasteiger partial charge in [-0.15, -0.1) is 11.3 Å². The summed E-state index contributed by atoms with van der Waals surface area (Å²) in [5.74, 6) is 0.340. The lowest BCUT2D eigenvalue weighted by Gasteiger charge is -2.28. The van der Waals surface area contributed by atoms with Gasteiger partial charge in [-0.25, -0.2) is 4.98 Å². The van der Waals surface area contributed by atoms with E-state index in [-0.39, 0.29) is 29.4 Å². The zero-order chi connectivity index (χ0) is 38.3. The van der Waals surface area contributed by atoms with Gasteiger partial charge in [0.15, 0.2) is 0 Å². The molecule has 1 saturated heterocycles. The summed E-state index contributed by atoms with van der Waals surface area (Å²) < 4.78 is 4.50. The second-order valence-electron chi connectivity index (χ2n) is 13.6. The lowest BCUT2D eigenvalue weighted by molar-refractivity contribution is -0.140. The van der Waals surface area contributed by atoms with E-state index >= 15 is 0 Å². The zero-order valence-corrected chi connectivity index (χ0v) is 33.4. The fourth-order valence-corrected chi connectivity index (χ4v) is 5.20. The van der Waals surface area contributed by atoms with Gasteiger partial charge in [0.05, 0.1) is 29.2 Å². The lowest BCUT2D eigenvalue weighted by Crippen LogP contribution is -2.41. The van der Waals surface area contributed by atoms with E-state index in [2.05, 4.69) is 98.1 Å². The Morgan fingerprint density at radius 1 is 1.12 bits per heavy atom. The summed E-state index contributed by atoms with van der Waals surface area (Å²) in [6.45, 7) is 22.4. The minimum absolute atomic E-state index is 0.00803. The third kappa shape index (κ3) is 18.9. The van der Waals surface area contributed by atoms with Crippen molar-refractivity contribution in [3.8, 4) is 10.4 Å². The zero-order valence-electron chi connectivity index (χ0n) is 32.6. The van der Waals surface area contributed by atoms with Crippen LogP contribution in [0.1, 0.15) is 106 Å². The summed E-state index contributed by atoms with van der Waals surface area (Å²) in [6, 6.07) is 8.62. The number of aldehydes is 1. The molecule has 10 nitrogen and oxygen atoms in total. The van der Waals surface area contributed by atoms with Gasteiger partial charge in [0.2, 0.25) is 12.3 Å². The summed E-state index contributed by atoms with van der Waals surface area (Å²) in [7, 11) is 3.31. The van der Waals surface area contributed by atoms with Crippen molar-refractivity contribution < 1.29 is 23.9 Å². The number of allylic oxidation sites excluding steroid dienone is 2. The predicted molar refractivity (Wildman–Crippen MR) is 207 cm³/mol. The van der Waals surface area contributed by atoms with Crippen LogP contribution in [0.25, 0.3) is 10.4 Å². The molecule has 1 aliphatic heterocycles. The van der Waals surface area contributed by atoms with Crippen LogP contribution in [0, 0.1) is 18.3 Å². The van der Waals surface area contributed by atoms with Crippen molar-refractivity contribution in [3.63, 3.8) is 0 Å². The summed E-state index contributed by atoms with van der Waals surface area (Å²) in [4.78, 5) is 53.9. The number of hydrogen-bond acceptors (Lipinski definition) is 9. The van der Waals surface area contributed by atoms with Gasteiger partial charge in [-0.1, -0.05) is 58.9 Å². The van der Waals surface area contributed by atoms with Gasteiger partial charge in [0.25, 0.3) is 0 Å². The monoisotopic (exact) mass is 713 g/mol. The fraction of sp³-hybridized carbons (Fsp3) is 0.590. The summed E-state index contributed by atoms with van der Waals surface area (Å²) in [6.07, 6.45) is 6.41. The van der Waals surface area contributed by atoms with Crippen LogP contribution in [-0.4, -0.2) is 73.5 Å². The SMILES string of the molecule is CC=N/C(C)=C(\C)C(C)C.CNCc1ccc(-c2scnc2C)cc1.COC(=O)CCCC(=O)NC(C)C(C)(C)C.O=CC1CCCN1C=O. The Balaban J connectivity index is 0.000000658. The summed E-state index contributed by atoms with van der Waals surface area (Å²) >= 11 is 1.70. The average Bonchev–Trinajstić information content (AvgIpc) is 3.73. The Morgan fingerprint density at radius 2 is 1.76 bits per heavy atom. The molecule has 1 aromatic heterocycles. The maximum absolute atomic E-state index is 11.5. The van der Waals surface area contributed by atoms with Crippen molar-refractivity contribution in [3.05, 3.63) is 52.3 Å². The van der Waals surface area contributed by atoms with E-state index in [0.717, 1.165) is 50.0 Å². The third-order valence-corrected chi connectivity index (χ3v) is 9.40. The van der Waals surface area contributed by atoms with E-state index < -0.39 is 0 Å². The van der Waals surface area contributed by atoms with E-state index in [4.69, 9.17) is 0 Å². The van der Waals surface area contributed by atoms with Gasteiger partial charge < -0.3 is 25.1 Å². The number of methoxy groups -OCH3 is 1. The van der Waals surface area contributed by atoms with Crippen LogP contribution in [-0.2, 0) is 30.5 Å². The van der Waals surface area contributed by atoms with E-state index in [0.29, 0.717) is 25.2 Å². The molecular formula is C39H63N5O5S. The molecule has 2 aromatic rings. The van der Waals surface area contributed by atoms with Crippen LogP contribution in [0.5, 0.6) is 0 Å². The number of carbonyl (C=O) groups is 4. The molecule has 2 N–H and O–H groups in total. The van der Waals surface area contributed by atoms with Gasteiger partial charge in [-0.3, -0.25) is 19.4 Å². The van der Waals surface area contributed by atoms with Crippen molar-refractivity contribution in [1.82, 2.24) is 20.5 Å². The maximum Gasteiger partial charge on any atom is 0.305 e. The first-order valence-corrected chi connectivity index (χ1v) is 18.3. The van der Waals surface area contributed by atoms with Crippen molar-refractivity contribution in [2.75, 3.05) is 20.7 Å². The highest BCUT2D eigenvalue weighted by Crippen LogP contribution is 2.27. The Bertz CT molecular complexity index is 1330. The van der Waals surface area contributed by atoms with Crippen molar-refractivity contribution in [2.45, 2.75) is 120 Å². The number of thiazole rings is 1. The summed E-state index contributed by atoms with van der Waals surface area (Å²) in [5, 5.41) is 6.06. The Labute approximate surface area is 305 Å². The molecule has 2 amide bonds. The van der Waals surface area contributed by atoms with Crippen LogP contribution in [0.2, 0.25) is 0 Å². The van der Waals surface area contributed by atoms with E-state index in [1.807, 2.05) is 39.5 Å². The number of benzene rings is 1. The highest BCUT2D eigenvalue weighted by Gasteiger charge is 2.22. The van der Waals surface area contributed by atoms with Crippen LogP contribution in [0.15, 0.2) is 46.0 Å². The molecule has 280 valence electrons. The summed E-state index contributed by atoms with van der Waals surface area (Å²) in [5.41, 5.74) is 8.15. The Morgan fingerprint density at radius 3 is 2.20 bits per heavy atom. The molecule has 2 unspecified atom stereocenters. The first-order chi connectivity index (χ1) is 23.5. The maximum atomic E-state index is 11.5. The first-order valence-electron chi connectivity index (χ1n) is 17.4. The van der Waals surface area contributed by atoms with Gasteiger partial charge in [0.1, 0.15) is 6.29 Å². The molecule has 0 bridgehead atoms. The first kappa shape index (κ1) is 46.3. The number of aliphatic imine (C=N–C) groups is 1. The largest absolute Gasteiger partial charge is 0.469 e. The topological polar surface area (TPSA) is 130 Å². The average molecular weight is 714 g/mol. The molecular weight excluding hydrogens is 651 g/mol. The molecule has 2 heterocycles. The second kappa shape index (κ2) is 25.3. The lowest BCUT2D eigenvalue weighted by atomic mass is 9.88. The van der Waals surface area contributed by atoms with Gasteiger partial charge >= 0.3 is 5.97 Å². The minimum atomic E-state index is -0.267. The number of carbonyl (C=O) groups excluding carboxylic acids is 4. The van der Waals surface area contributed by atoms with Crippen LogP contribution >= 0.6 is 11.3 Å². The van der Waals surface area contributed by atoms with Crippen molar-refractivity contribution in [2.24, 2.45) is 16.3 Å². The van der Waals surface area contributed by atoms with Crippen LogP contribution in [0.4, 0.5) is 0 Å². The third-order valence-electron chi connectivity index (χ3n) is 8.43. The number of nitrogens with zero attached hydrogens (tertiary/aromatic N) is 3. The molecule has 1 aromatic carbocycles. The highest BCUT2D eigenvalue weighted by molar-refractivity contribution is 7.13. The number of aromatic nitrogens is 1. The smallest absolute Gasteiger partial charge is 0.305 e. The molecule has 50 heavy (non-hydrogen) atoms. The number of likely N-dealkylation sites (tertiary alicyclic amines) is 1. The molecule has 3 rings (SSSR count). The van der Waals surface area contributed by atoms with Gasteiger partial charge in [-0.05, 0) is 89.0 Å². The molecule has 11 heteroatoms. The number of rotatable bonds is 12. The number of hydrogen-bond donors (Lipinski definition) is 2. The number of aryl methyl sites for hydroxylation is 1. The van der Waals surface area contributed by atoms with Gasteiger partial charge in [0, 0.05) is 43.9 Å². The second-order valence-corrected chi connectivity index (χ2v) is 14.4. The van der Waals surface area contributed by atoms with Gasteiger partial charge in [-0.2, -0.15) is 0 Å². The number of esters is 1. The molecule has 0 radical (unpaired) electrons. The number of ether oxygens (including phenoxy) is 1. The molecule has 0 spiro atoms. The standard InChI is InChI=1S/C12H14N2S.C12H23NO3.C9H17N.C6H9NO2/c1-9-12(15-8-14-9)11-5-3-10(4-6-11)7-13-2;1-9(12(2,3)4)13-10(14)7-6-8-11(15)16-5;1-6-10-9(5)8(4)7(2)3;8-4-6-2-1-3-7(6)5-9/h3-6,8,13H,7H2,1-2H3;9H,6-8H2,1-5H3,(H,13,14);6-7H,1-5H3;4-6H,1-3H2/b;;9-8+,10-6?;. The van der Waals surface area contributed by atoms with Crippen molar-refractivity contribution in [1.29, 1.82) is 0 Å². The van der Waals surface area contributed by atoms with E-state index in [1.54, 1.807) is 11.3 Å². The van der Waals surface area contributed by atoms with E-state index in [9.17, 15) is 19.2 Å². The Hall–Kier alpha value is -3.70. The minimum Gasteiger partial charge on any atom is -0.469 e. The molecule has 2 atom stereocenters. The molecule has 0 saturated carbocycles. The fourth-order valence-electron chi connectivity index (χ4n) is 4.39. The van der Waals surface area contributed by atoms with Crippen LogP contribution in [0.3, 0.4) is 0 Å². The van der Waals surface area contributed by atoms with Crippen molar-refractivity contribution >= 4 is 42.1 Å². The Kier molecular flexibility index (Phi) is 23.4. The van der Waals surface area contributed by atoms with Crippen LogP contribution < -0.4 is 10.6 Å². The quantitative estimate of drug-likeness (QED) is 0.132. The molecule has 0 aliphatic carbocycles.